The Bertz CT molecular complexity index is 1010. The molecule has 0 saturated carbocycles. The van der Waals surface area contributed by atoms with Gasteiger partial charge in [0.25, 0.3) is 5.91 Å². The number of hydrogen-bond donors (Lipinski definition) is 2. The second-order valence-corrected chi connectivity index (χ2v) is 9.93. The van der Waals surface area contributed by atoms with E-state index < -0.39 is 15.6 Å². The van der Waals surface area contributed by atoms with Crippen molar-refractivity contribution >= 4 is 15.9 Å². The number of amides is 1. The van der Waals surface area contributed by atoms with Gasteiger partial charge in [-0.1, -0.05) is 23.8 Å². The molecule has 29 heavy (non-hydrogen) atoms. The van der Waals surface area contributed by atoms with E-state index >= 15 is 0 Å². The molecule has 0 aliphatic heterocycles. The fraction of sp³-hybridized carbons (Fsp3) is 0.409. The van der Waals surface area contributed by atoms with E-state index in [9.17, 15) is 13.2 Å². The average molecular weight is 419 g/mol. The van der Waals surface area contributed by atoms with Crippen LogP contribution >= 0.6 is 0 Å². The van der Waals surface area contributed by atoms with Crippen LogP contribution in [0.1, 0.15) is 60.8 Å². The summed E-state index contributed by atoms with van der Waals surface area (Å²) in [4.78, 5) is 12.8. The number of ether oxygens (including phenoxy) is 1. The smallest absolute Gasteiger partial charge is 0.251 e. The zero-order valence-corrected chi connectivity index (χ0v) is 18.9. The summed E-state index contributed by atoms with van der Waals surface area (Å²) in [7, 11) is -2.47. The fourth-order valence-corrected chi connectivity index (χ4v) is 4.68. The van der Waals surface area contributed by atoms with Gasteiger partial charge in [-0.25, -0.2) is 13.1 Å². The third-order valence-electron chi connectivity index (χ3n) is 4.40. The molecule has 2 aromatic carbocycles. The maximum Gasteiger partial charge on any atom is 0.251 e. The van der Waals surface area contributed by atoms with Crippen LogP contribution in [0.15, 0.2) is 41.3 Å². The number of aryl methyl sites for hydroxylation is 2. The molecule has 7 heteroatoms. The van der Waals surface area contributed by atoms with Crippen LogP contribution in [-0.4, -0.2) is 27.0 Å². The summed E-state index contributed by atoms with van der Waals surface area (Å²) in [6.45, 7) is 11.1. The van der Waals surface area contributed by atoms with Crippen LogP contribution in [0.5, 0.6) is 5.75 Å². The predicted octanol–water partition coefficient (Wildman–Crippen LogP) is 3.88. The molecule has 1 amide bonds. The molecular formula is C22H30N2O4S. The van der Waals surface area contributed by atoms with Crippen LogP contribution < -0.4 is 14.8 Å². The second kappa shape index (κ2) is 8.55. The predicted molar refractivity (Wildman–Crippen MR) is 115 cm³/mol. The minimum atomic E-state index is -3.86. The molecule has 2 rings (SSSR count). The lowest BCUT2D eigenvalue weighted by molar-refractivity contribution is 0.0939. The maximum atomic E-state index is 12.8. The molecule has 0 aromatic heterocycles. The molecule has 0 bridgehead atoms. The number of sulfonamides is 1. The summed E-state index contributed by atoms with van der Waals surface area (Å²) in [5.74, 6) is -0.172. The zero-order chi connectivity index (χ0) is 22.0. The minimum absolute atomic E-state index is 0.0676. The van der Waals surface area contributed by atoms with Gasteiger partial charge in [-0.15, -0.1) is 0 Å². The first-order chi connectivity index (χ1) is 13.3. The topological polar surface area (TPSA) is 84.5 Å². The van der Waals surface area contributed by atoms with Crippen molar-refractivity contribution in [3.63, 3.8) is 0 Å². The molecule has 0 aliphatic carbocycles. The highest BCUT2D eigenvalue weighted by atomic mass is 32.2. The van der Waals surface area contributed by atoms with Crippen molar-refractivity contribution in [1.29, 1.82) is 0 Å². The number of hydrogen-bond acceptors (Lipinski definition) is 4. The van der Waals surface area contributed by atoms with E-state index in [1.165, 1.54) is 19.2 Å². The zero-order valence-electron chi connectivity index (χ0n) is 18.1. The van der Waals surface area contributed by atoms with Crippen molar-refractivity contribution in [1.82, 2.24) is 10.0 Å². The Morgan fingerprint density at radius 2 is 1.72 bits per heavy atom. The Kier molecular flexibility index (Phi) is 6.75. The molecule has 0 spiro atoms. The van der Waals surface area contributed by atoms with Gasteiger partial charge in [0.1, 0.15) is 10.6 Å². The molecule has 1 unspecified atom stereocenters. The highest BCUT2D eigenvalue weighted by Crippen LogP contribution is 2.27. The number of benzene rings is 2. The number of methoxy groups -OCH3 is 1. The fourth-order valence-electron chi connectivity index (χ4n) is 3.07. The van der Waals surface area contributed by atoms with Gasteiger partial charge in [0, 0.05) is 11.1 Å². The highest BCUT2D eigenvalue weighted by Gasteiger charge is 2.26. The van der Waals surface area contributed by atoms with Crippen LogP contribution in [0.4, 0.5) is 0 Å². The third kappa shape index (κ3) is 5.81. The molecule has 0 aliphatic rings. The lowest BCUT2D eigenvalue weighted by atomic mass is 9.99. The molecular weight excluding hydrogens is 388 g/mol. The van der Waals surface area contributed by atoms with Crippen molar-refractivity contribution in [3.05, 3.63) is 58.7 Å². The first kappa shape index (κ1) is 22.9. The summed E-state index contributed by atoms with van der Waals surface area (Å²) in [6, 6.07) is 10.3. The third-order valence-corrected chi connectivity index (χ3v) is 6.18. The van der Waals surface area contributed by atoms with Crippen LogP contribution in [0, 0.1) is 13.8 Å². The standard InChI is InChI=1S/C22H30N2O4S/c1-14-8-9-15(2)18(12-14)16(3)23-21(25)17-10-11-19(28-7)20(13-17)29(26,27)24-22(4,5)6/h8-13,16,24H,1-7H3,(H,23,25). The van der Waals surface area contributed by atoms with Crippen molar-refractivity contribution in [2.24, 2.45) is 0 Å². The monoisotopic (exact) mass is 418 g/mol. The van der Waals surface area contributed by atoms with Crippen LogP contribution in [0.3, 0.4) is 0 Å². The summed E-state index contributed by atoms with van der Waals surface area (Å²) < 4.78 is 33.4. The Labute approximate surface area is 173 Å². The van der Waals surface area contributed by atoms with E-state index in [0.29, 0.717) is 0 Å². The SMILES string of the molecule is COc1ccc(C(=O)NC(C)c2cc(C)ccc2C)cc1S(=O)(=O)NC(C)(C)C. The lowest BCUT2D eigenvalue weighted by Gasteiger charge is -2.22. The van der Waals surface area contributed by atoms with Gasteiger partial charge in [0.15, 0.2) is 0 Å². The minimum Gasteiger partial charge on any atom is -0.495 e. The van der Waals surface area contributed by atoms with Gasteiger partial charge >= 0.3 is 0 Å². The number of nitrogens with one attached hydrogen (secondary N) is 2. The molecule has 0 radical (unpaired) electrons. The number of rotatable bonds is 6. The van der Waals surface area contributed by atoms with E-state index in [1.807, 2.05) is 39.0 Å². The second-order valence-electron chi connectivity index (χ2n) is 8.28. The van der Waals surface area contributed by atoms with E-state index in [1.54, 1.807) is 26.8 Å². The van der Waals surface area contributed by atoms with Crippen molar-refractivity contribution in [3.8, 4) is 5.75 Å². The van der Waals surface area contributed by atoms with Gasteiger partial charge in [0.05, 0.1) is 13.2 Å². The van der Waals surface area contributed by atoms with Crippen LogP contribution in [0.25, 0.3) is 0 Å². The molecule has 2 N–H and O–H groups in total. The van der Waals surface area contributed by atoms with E-state index in [4.69, 9.17) is 4.74 Å². The summed E-state index contributed by atoms with van der Waals surface area (Å²) in [6.07, 6.45) is 0. The van der Waals surface area contributed by atoms with Crippen LogP contribution in [0.2, 0.25) is 0 Å². The van der Waals surface area contributed by atoms with Gasteiger partial charge in [-0.05, 0) is 70.9 Å². The van der Waals surface area contributed by atoms with E-state index in [0.717, 1.165) is 16.7 Å². The quantitative estimate of drug-likeness (QED) is 0.746. The first-order valence-corrected chi connectivity index (χ1v) is 10.9. The molecule has 6 nitrogen and oxygen atoms in total. The summed E-state index contributed by atoms with van der Waals surface area (Å²) in [5.41, 5.74) is 2.79. The molecule has 1 atom stereocenters. The Balaban J connectivity index is 2.35. The van der Waals surface area contributed by atoms with E-state index in [-0.39, 0.29) is 28.2 Å². The Morgan fingerprint density at radius 1 is 1.07 bits per heavy atom. The van der Waals surface area contributed by atoms with Crippen molar-refractivity contribution in [2.75, 3.05) is 7.11 Å². The summed E-state index contributed by atoms with van der Waals surface area (Å²) in [5, 5.41) is 2.95. The van der Waals surface area contributed by atoms with Gasteiger partial charge < -0.3 is 10.1 Å². The molecule has 2 aromatic rings. The maximum absolute atomic E-state index is 12.8. The van der Waals surface area contributed by atoms with Crippen molar-refractivity contribution in [2.45, 2.75) is 58.0 Å². The first-order valence-electron chi connectivity index (χ1n) is 9.44. The van der Waals surface area contributed by atoms with Crippen LogP contribution in [-0.2, 0) is 10.0 Å². The average Bonchev–Trinajstić information content (AvgIpc) is 2.61. The number of carbonyl (C=O) groups is 1. The Hall–Kier alpha value is -2.38. The van der Waals surface area contributed by atoms with Crippen molar-refractivity contribution < 1.29 is 17.9 Å². The molecule has 0 fully saturated rings. The van der Waals surface area contributed by atoms with Gasteiger partial charge in [0.2, 0.25) is 10.0 Å². The lowest BCUT2D eigenvalue weighted by Crippen LogP contribution is -2.40. The highest BCUT2D eigenvalue weighted by molar-refractivity contribution is 7.89. The Morgan fingerprint density at radius 3 is 2.31 bits per heavy atom. The van der Waals surface area contributed by atoms with Gasteiger partial charge in [-0.3, -0.25) is 4.79 Å². The summed E-state index contributed by atoms with van der Waals surface area (Å²) >= 11 is 0. The van der Waals surface area contributed by atoms with Gasteiger partial charge in [-0.2, -0.15) is 0 Å². The normalized spacial score (nSPS) is 13.1. The van der Waals surface area contributed by atoms with E-state index in [2.05, 4.69) is 10.0 Å². The number of carbonyl (C=O) groups excluding carboxylic acids is 1. The molecule has 158 valence electrons. The molecule has 0 heterocycles. The largest absolute Gasteiger partial charge is 0.495 e. The molecule has 0 saturated heterocycles.